The van der Waals surface area contributed by atoms with Crippen molar-refractivity contribution in [1.29, 1.82) is 0 Å². The second-order valence-corrected chi connectivity index (χ2v) is 6.03. The van der Waals surface area contributed by atoms with Gasteiger partial charge in [0.05, 0.1) is 4.90 Å². The summed E-state index contributed by atoms with van der Waals surface area (Å²) in [6.07, 6.45) is 0. The van der Waals surface area contributed by atoms with Crippen molar-refractivity contribution in [3.05, 3.63) is 41.4 Å². The van der Waals surface area contributed by atoms with Gasteiger partial charge in [-0.15, -0.1) is 0 Å². The van der Waals surface area contributed by atoms with Crippen LogP contribution in [-0.2, 0) is 9.05 Å². The molecule has 2 nitrogen and oxygen atoms in total. The summed E-state index contributed by atoms with van der Waals surface area (Å²) in [4.78, 5) is 0.0600. The van der Waals surface area contributed by atoms with Crippen LogP contribution in [-0.4, -0.2) is 8.42 Å². The van der Waals surface area contributed by atoms with E-state index in [1.165, 1.54) is 12.1 Å². The molecule has 0 aromatic heterocycles. The monoisotopic (exact) mass is 260 g/mol. The predicted molar refractivity (Wildman–Crippen MR) is 62.0 cm³/mol. The lowest BCUT2D eigenvalue weighted by molar-refractivity contribution is 0.609. The third kappa shape index (κ3) is 2.09. The largest absolute Gasteiger partial charge is 0.261 e. The molecule has 15 heavy (non-hydrogen) atoms. The van der Waals surface area contributed by atoms with E-state index in [2.05, 4.69) is 0 Å². The highest BCUT2D eigenvalue weighted by Gasteiger charge is 2.10. The third-order valence-corrected chi connectivity index (χ3v) is 3.76. The first-order valence-electron chi connectivity index (χ1n) is 4.11. The van der Waals surface area contributed by atoms with E-state index < -0.39 is 9.05 Å². The smallest absolute Gasteiger partial charge is 0.207 e. The molecule has 0 saturated heterocycles. The molecule has 0 atom stereocenters. The van der Waals surface area contributed by atoms with Crippen LogP contribution < -0.4 is 0 Å². The summed E-state index contributed by atoms with van der Waals surface area (Å²) < 4.78 is 22.2. The summed E-state index contributed by atoms with van der Waals surface area (Å²) in [6, 6.07) is 9.97. The van der Waals surface area contributed by atoms with E-state index >= 15 is 0 Å². The van der Waals surface area contributed by atoms with Crippen LogP contribution >= 0.6 is 22.3 Å². The summed E-state index contributed by atoms with van der Waals surface area (Å²) in [5.41, 5.74) is 0. The van der Waals surface area contributed by atoms with Crippen LogP contribution in [0, 0.1) is 0 Å². The number of rotatable bonds is 1. The van der Waals surface area contributed by atoms with Crippen molar-refractivity contribution in [2.45, 2.75) is 4.90 Å². The molecular weight excluding hydrogens is 255 g/mol. The molecule has 5 heteroatoms. The van der Waals surface area contributed by atoms with Crippen LogP contribution in [0.4, 0.5) is 0 Å². The van der Waals surface area contributed by atoms with Crippen molar-refractivity contribution < 1.29 is 8.42 Å². The first kappa shape index (κ1) is 10.7. The lowest BCUT2D eigenvalue weighted by atomic mass is 10.1. The molecule has 0 radical (unpaired) electrons. The highest BCUT2D eigenvalue weighted by atomic mass is 35.7. The maximum absolute atomic E-state index is 11.1. The standard InChI is InChI=1S/C10H6Cl2O2S/c11-10-3-1-2-7-4-5-8(6-9(7)10)15(12,13)14/h1-6H. The molecule has 2 rings (SSSR count). The Hall–Kier alpha value is -0.770. The Bertz CT molecular complexity index is 620. The molecule has 0 heterocycles. The predicted octanol–water partition coefficient (Wildman–Crippen LogP) is 3.42. The van der Waals surface area contributed by atoms with Crippen LogP contribution in [0.15, 0.2) is 41.3 Å². The molecule has 0 saturated carbocycles. The lowest BCUT2D eigenvalue weighted by Gasteiger charge is -2.02. The van der Waals surface area contributed by atoms with Crippen molar-refractivity contribution in [3.63, 3.8) is 0 Å². The number of hydrogen-bond acceptors (Lipinski definition) is 2. The zero-order chi connectivity index (χ0) is 11.1. The third-order valence-electron chi connectivity index (χ3n) is 2.08. The fraction of sp³-hybridized carbons (Fsp3) is 0. The maximum Gasteiger partial charge on any atom is 0.261 e. The quantitative estimate of drug-likeness (QED) is 0.737. The zero-order valence-electron chi connectivity index (χ0n) is 7.44. The van der Waals surface area contributed by atoms with Gasteiger partial charge in [0.1, 0.15) is 0 Å². The van der Waals surface area contributed by atoms with E-state index in [1.807, 2.05) is 6.07 Å². The van der Waals surface area contributed by atoms with Gasteiger partial charge >= 0.3 is 0 Å². The van der Waals surface area contributed by atoms with Crippen molar-refractivity contribution in [2.24, 2.45) is 0 Å². The van der Waals surface area contributed by atoms with Crippen LogP contribution in [0.2, 0.25) is 5.02 Å². The fourth-order valence-electron chi connectivity index (χ4n) is 1.37. The van der Waals surface area contributed by atoms with E-state index in [9.17, 15) is 8.42 Å². The van der Waals surface area contributed by atoms with Gasteiger partial charge in [0.25, 0.3) is 9.05 Å². The van der Waals surface area contributed by atoms with Gasteiger partial charge in [-0.05, 0) is 23.6 Å². The molecular formula is C10H6Cl2O2S. The van der Waals surface area contributed by atoms with Crippen molar-refractivity contribution in [2.75, 3.05) is 0 Å². The minimum absolute atomic E-state index is 0.0600. The minimum Gasteiger partial charge on any atom is -0.207 e. The zero-order valence-corrected chi connectivity index (χ0v) is 9.77. The normalized spacial score (nSPS) is 11.9. The van der Waals surface area contributed by atoms with Crippen LogP contribution in [0.25, 0.3) is 10.8 Å². The van der Waals surface area contributed by atoms with E-state index in [4.69, 9.17) is 22.3 Å². The summed E-state index contributed by atoms with van der Waals surface area (Å²) in [7, 11) is 1.54. The van der Waals surface area contributed by atoms with Gasteiger partial charge < -0.3 is 0 Å². The van der Waals surface area contributed by atoms with Gasteiger partial charge in [-0.2, -0.15) is 0 Å². The van der Waals surface area contributed by atoms with Gasteiger partial charge in [-0.3, -0.25) is 0 Å². The van der Waals surface area contributed by atoms with E-state index in [0.717, 1.165) is 5.39 Å². The Labute approximate surface area is 96.8 Å². The molecule has 0 bridgehead atoms. The highest BCUT2D eigenvalue weighted by Crippen LogP contribution is 2.27. The van der Waals surface area contributed by atoms with E-state index in [-0.39, 0.29) is 4.90 Å². The maximum atomic E-state index is 11.1. The first-order valence-corrected chi connectivity index (χ1v) is 6.80. The van der Waals surface area contributed by atoms with Gasteiger partial charge in [-0.1, -0.05) is 29.8 Å². The molecule has 0 aliphatic carbocycles. The first-order chi connectivity index (χ1) is 6.98. The summed E-state index contributed by atoms with van der Waals surface area (Å²) >= 11 is 5.94. The SMILES string of the molecule is O=S(=O)(Cl)c1ccc2cccc(Cl)c2c1. The number of halogens is 2. The lowest BCUT2D eigenvalue weighted by Crippen LogP contribution is -1.90. The molecule has 2 aromatic carbocycles. The van der Waals surface area contributed by atoms with Gasteiger partial charge in [-0.25, -0.2) is 8.42 Å². The van der Waals surface area contributed by atoms with Crippen LogP contribution in [0.5, 0.6) is 0 Å². The molecule has 0 aliphatic rings. The molecule has 0 spiro atoms. The van der Waals surface area contributed by atoms with Gasteiger partial charge in [0.2, 0.25) is 0 Å². The number of benzene rings is 2. The number of hydrogen-bond donors (Lipinski definition) is 0. The molecule has 0 aliphatic heterocycles. The second-order valence-electron chi connectivity index (χ2n) is 3.06. The molecule has 78 valence electrons. The number of fused-ring (bicyclic) bond motifs is 1. The van der Waals surface area contributed by atoms with E-state index in [0.29, 0.717) is 10.4 Å². The van der Waals surface area contributed by atoms with Crippen molar-refractivity contribution >= 4 is 42.1 Å². The summed E-state index contributed by atoms with van der Waals surface area (Å²) in [5, 5.41) is 2.07. The molecule has 0 amide bonds. The average Bonchev–Trinajstić information content (AvgIpc) is 2.16. The Kier molecular flexibility index (Phi) is 2.63. The molecule has 0 unspecified atom stereocenters. The summed E-state index contributed by atoms with van der Waals surface area (Å²) in [6.45, 7) is 0. The van der Waals surface area contributed by atoms with Crippen molar-refractivity contribution in [1.82, 2.24) is 0 Å². The topological polar surface area (TPSA) is 34.1 Å². The molecule has 0 N–H and O–H groups in total. The average molecular weight is 261 g/mol. The Morgan fingerprint density at radius 2 is 1.80 bits per heavy atom. The van der Waals surface area contributed by atoms with Crippen LogP contribution in [0.1, 0.15) is 0 Å². The highest BCUT2D eigenvalue weighted by molar-refractivity contribution is 8.13. The van der Waals surface area contributed by atoms with Crippen molar-refractivity contribution in [3.8, 4) is 0 Å². The van der Waals surface area contributed by atoms with Crippen LogP contribution in [0.3, 0.4) is 0 Å². The molecule has 2 aromatic rings. The molecule has 0 fully saturated rings. The minimum atomic E-state index is -3.70. The van der Waals surface area contributed by atoms with Gasteiger partial charge in [0, 0.05) is 21.1 Å². The van der Waals surface area contributed by atoms with Gasteiger partial charge in [0.15, 0.2) is 0 Å². The second kappa shape index (κ2) is 3.67. The Morgan fingerprint density at radius 1 is 1.07 bits per heavy atom. The Balaban J connectivity index is 2.81. The van der Waals surface area contributed by atoms with E-state index in [1.54, 1.807) is 18.2 Å². The fourth-order valence-corrected chi connectivity index (χ4v) is 2.38. The Morgan fingerprint density at radius 3 is 2.47 bits per heavy atom. The summed E-state index contributed by atoms with van der Waals surface area (Å²) in [5.74, 6) is 0.